The van der Waals surface area contributed by atoms with Gasteiger partial charge in [0.1, 0.15) is 23.1 Å². The van der Waals surface area contributed by atoms with Crippen LogP contribution in [0, 0.1) is 6.92 Å². The lowest BCUT2D eigenvalue weighted by molar-refractivity contribution is -0.140. The van der Waals surface area contributed by atoms with Crippen molar-refractivity contribution in [2.75, 3.05) is 39.1 Å². The summed E-state index contributed by atoms with van der Waals surface area (Å²) < 4.78 is 51.5. The van der Waals surface area contributed by atoms with E-state index in [1.54, 1.807) is 19.1 Å². The van der Waals surface area contributed by atoms with Crippen molar-refractivity contribution >= 4 is 17.2 Å². The lowest BCUT2D eigenvalue weighted by Gasteiger charge is -2.16. The van der Waals surface area contributed by atoms with Gasteiger partial charge in [-0.05, 0) is 38.3 Å². The van der Waals surface area contributed by atoms with E-state index in [4.69, 9.17) is 9.15 Å². The molecule has 208 valence electrons. The van der Waals surface area contributed by atoms with Crippen LogP contribution in [-0.4, -0.2) is 75.3 Å². The lowest BCUT2D eigenvalue weighted by Crippen LogP contribution is -2.35. The highest BCUT2D eigenvalue weighted by molar-refractivity contribution is 7.13. The van der Waals surface area contributed by atoms with Gasteiger partial charge in [0.2, 0.25) is 11.8 Å². The summed E-state index contributed by atoms with van der Waals surface area (Å²) in [6, 6.07) is 4.84. The average molecular weight is 565 g/mol. The third kappa shape index (κ3) is 7.26. The number of aryl methyl sites for hydroxylation is 1. The van der Waals surface area contributed by atoms with E-state index < -0.39 is 18.2 Å². The molecule has 0 saturated carbocycles. The highest BCUT2D eigenvalue weighted by Crippen LogP contribution is 2.39. The third-order valence-electron chi connectivity index (χ3n) is 5.26. The van der Waals surface area contributed by atoms with Crippen LogP contribution in [0.2, 0.25) is 0 Å². The Hall–Kier alpha value is -3.66. The van der Waals surface area contributed by atoms with Gasteiger partial charge in [-0.25, -0.2) is 15.0 Å². The van der Waals surface area contributed by atoms with E-state index in [-0.39, 0.29) is 22.6 Å². The van der Waals surface area contributed by atoms with Crippen molar-refractivity contribution in [2.45, 2.75) is 26.4 Å². The highest BCUT2D eigenvalue weighted by Gasteiger charge is 2.34. The smallest absolute Gasteiger partial charge is 0.434 e. The van der Waals surface area contributed by atoms with E-state index in [1.807, 2.05) is 25.9 Å². The number of hydrogen-bond donors (Lipinski definition) is 3. The second-order valence-electron chi connectivity index (χ2n) is 8.61. The zero-order valence-corrected chi connectivity index (χ0v) is 22.4. The minimum Gasteiger partial charge on any atom is -0.476 e. The molecule has 15 heteroatoms. The molecule has 3 N–H and O–H groups in total. The predicted molar refractivity (Wildman–Crippen MR) is 139 cm³/mol. The number of nitrogens with zero attached hydrogens (tertiary/aromatic N) is 6. The molecular formula is C24H27F3N8O3S. The molecule has 0 aliphatic heterocycles. The molecule has 4 rings (SSSR count). The molecule has 4 aromatic rings. The summed E-state index contributed by atoms with van der Waals surface area (Å²) in [5.74, 6) is 0.981. The van der Waals surface area contributed by atoms with Crippen molar-refractivity contribution in [3.8, 4) is 39.2 Å². The molecule has 1 unspecified atom stereocenters. The topological polar surface area (TPSA) is 134 Å². The molecular weight excluding hydrogens is 537 g/mol. The van der Waals surface area contributed by atoms with Crippen LogP contribution in [0.5, 0.6) is 5.88 Å². The minimum absolute atomic E-state index is 0.114. The molecule has 0 aliphatic carbocycles. The number of pyridine rings is 2. The summed E-state index contributed by atoms with van der Waals surface area (Å²) in [4.78, 5) is 14.6. The van der Waals surface area contributed by atoms with Gasteiger partial charge in [0.05, 0.1) is 0 Å². The van der Waals surface area contributed by atoms with E-state index in [1.165, 1.54) is 12.3 Å². The molecule has 11 nitrogen and oxygen atoms in total. The van der Waals surface area contributed by atoms with Gasteiger partial charge in [-0.15, -0.1) is 21.5 Å². The monoisotopic (exact) mass is 564 g/mol. The molecule has 0 spiro atoms. The molecule has 0 saturated heterocycles. The zero-order valence-electron chi connectivity index (χ0n) is 21.6. The van der Waals surface area contributed by atoms with Gasteiger partial charge in [-0.3, -0.25) is 5.32 Å². The molecule has 4 heterocycles. The maximum absolute atomic E-state index is 13.4. The first-order valence-corrected chi connectivity index (χ1v) is 12.7. The Labute approximate surface area is 226 Å². The highest BCUT2D eigenvalue weighted by atomic mass is 32.1. The summed E-state index contributed by atoms with van der Waals surface area (Å²) in [5, 5.41) is 24.6. The zero-order chi connectivity index (χ0) is 28.2. The molecule has 0 amide bonds. The van der Waals surface area contributed by atoms with Gasteiger partial charge in [-0.2, -0.15) is 13.2 Å². The number of halogens is 3. The second kappa shape index (κ2) is 12.0. The first-order valence-electron chi connectivity index (χ1n) is 11.8. The largest absolute Gasteiger partial charge is 0.476 e. The second-order valence-corrected chi connectivity index (χ2v) is 9.47. The van der Waals surface area contributed by atoms with Crippen LogP contribution in [0.25, 0.3) is 33.3 Å². The summed E-state index contributed by atoms with van der Waals surface area (Å²) in [5.41, 5.74) is 0.658. The van der Waals surface area contributed by atoms with Crippen LogP contribution in [0.15, 0.2) is 34.2 Å². The minimum atomic E-state index is -4.60. The molecule has 39 heavy (non-hydrogen) atoms. The van der Waals surface area contributed by atoms with E-state index in [0.29, 0.717) is 48.0 Å². The van der Waals surface area contributed by atoms with Crippen LogP contribution >= 0.6 is 11.3 Å². The van der Waals surface area contributed by atoms with Crippen LogP contribution in [-0.2, 0) is 6.18 Å². The Balaban J connectivity index is 1.83. The number of nitrogens with one attached hydrogen (secondary N) is 2. The number of thiazole rings is 1. The summed E-state index contributed by atoms with van der Waals surface area (Å²) in [7, 11) is 3.81. The van der Waals surface area contributed by atoms with Gasteiger partial charge in [-0.1, -0.05) is 6.92 Å². The number of aliphatic hydroxyl groups is 1. The fourth-order valence-corrected chi connectivity index (χ4v) is 4.29. The Morgan fingerprint density at radius 2 is 1.95 bits per heavy atom. The Kier molecular flexibility index (Phi) is 8.74. The van der Waals surface area contributed by atoms with Gasteiger partial charge in [0.15, 0.2) is 12.0 Å². The molecule has 1 atom stereocenters. The predicted octanol–water partition coefficient (Wildman–Crippen LogP) is 3.88. The number of aliphatic hydroxyl groups excluding tert-OH is 1. The maximum atomic E-state index is 13.4. The van der Waals surface area contributed by atoms with Crippen molar-refractivity contribution in [2.24, 2.45) is 0 Å². The molecule has 0 bridgehead atoms. The molecule has 4 aromatic heterocycles. The summed E-state index contributed by atoms with van der Waals surface area (Å²) in [6.07, 6.45) is -4.24. The van der Waals surface area contributed by atoms with Crippen LogP contribution in [0.4, 0.5) is 19.0 Å². The number of ether oxygens (including phenoxy) is 1. The first kappa shape index (κ1) is 28.4. The van der Waals surface area contributed by atoms with Crippen molar-refractivity contribution < 1.29 is 27.4 Å². The van der Waals surface area contributed by atoms with Crippen molar-refractivity contribution in [3.05, 3.63) is 41.4 Å². The van der Waals surface area contributed by atoms with E-state index in [0.717, 1.165) is 16.7 Å². The number of alkyl halides is 3. The van der Waals surface area contributed by atoms with E-state index in [2.05, 4.69) is 35.8 Å². The summed E-state index contributed by atoms with van der Waals surface area (Å²) in [6.45, 7) is 4.90. The van der Waals surface area contributed by atoms with Crippen molar-refractivity contribution in [1.82, 2.24) is 35.4 Å². The molecule has 0 fully saturated rings. The van der Waals surface area contributed by atoms with E-state index in [9.17, 15) is 18.3 Å². The fraction of sp³-hybridized carbons (Fsp3) is 0.375. The Bertz CT molecular complexity index is 1410. The number of aromatic nitrogens is 5. The molecule has 0 aromatic carbocycles. The normalized spacial score (nSPS) is 12.6. The fourth-order valence-electron chi connectivity index (χ4n) is 3.43. The number of rotatable bonds is 11. The van der Waals surface area contributed by atoms with Gasteiger partial charge in [0, 0.05) is 42.2 Å². The van der Waals surface area contributed by atoms with E-state index >= 15 is 0 Å². The number of likely N-dealkylation sites (N-methyl/N-ethyl adjacent to an activating group) is 1. The van der Waals surface area contributed by atoms with Crippen LogP contribution in [0.1, 0.15) is 18.5 Å². The Morgan fingerprint density at radius 3 is 2.59 bits per heavy atom. The SMILES string of the molecule is CCNC(O)Nc1cc(-c2nc(C(F)(F)F)cs2)c(-c2cc(OCCN(C)C)nc(-c3nnc(C)o3)c2)cn1. The molecule has 0 radical (unpaired) electrons. The van der Waals surface area contributed by atoms with Gasteiger partial charge < -0.3 is 24.5 Å². The van der Waals surface area contributed by atoms with Crippen molar-refractivity contribution in [3.63, 3.8) is 0 Å². The Morgan fingerprint density at radius 1 is 1.15 bits per heavy atom. The maximum Gasteiger partial charge on any atom is 0.434 e. The van der Waals surface area contributed by atoms with Crippen molar-refractivity contribution in [1.29, 1.82) is 0 Å². The average Bonchev–Trinajstić information content (AvgIpc) is 3.53. The van der Waals surface area contributed by atoms with Gasteiger partial charge in [0.25, 0.3) is 5.89 Å². The first-order chi connectivity index (χ1) is 18.5. The quantitative estimate of drug-likeness (QED) is 0.229. The van der Waals surface area contributed by atoms with Crippen LogP contribution in [0.3, 0.4) is 0 Å². The summed E-state index contributed by atoms with van der Waals surface area (Å²) >= 11 is 0.843. The lowest BCUT2D eigenvalue weighted by atomic mass is 10.0. The number of anilines is 1. The third-order valence-corrected chi connectivity index (χ3v) is 6.13. The van der Waals surface area contributed by atoms with Crippen LogP contribution < -0.4 is 15.4 Å². The van der Waals surface area contributed by atoms with Gasteiger partial charge >= 0.3 is 6.18 Å². The molecule has 0 aliphatic rings. The number of hydrogen-bond acceptors (Lipinski definition) is 12. The standard InChI is InChI=1S/C24H27F3N8O3S/c1-5-28-23(36)32-19-10-15(22-31-18(12-39-22)24(25,26)27)16(11-29-19)14-8-17(21-34-33-13(2)38-21)30-20(9-14)37-7-6-35(3)4/h8-12,23,28,36H,5-7H2,1-4H3,(H,29,32).